The molecule has 0 saturated carbocycles. The van der Waals surface area contributed by atoms with Crippen LogP contribution in [0.5, 0.6) is 0 Å². The minimum Gasteiger partial charge on any atom is -0.393 e. The summed E-state index contributed by atoms with van der Waals surface area (Å²) in [5.41, 5.74) is -0.111. The molecular formula is C15H30O2. The fraction of sp³-hybridized carbons (Fsp3) is 1.00. The van der Waals surface area contributed by atoms with Crippen LogP contribution in [0.15, 0.2) is 0 Å². The van der Waals surface area contributed by atoms with Crippen molar-refractivity contribution in [2.75, 3.05) is 13.2 Å². The van der Waals surface area contributed by atoms with Gasteiger partial charge in [-0.05, 0) is 6.42 Å². The van der Waals surface area contributed by atoms with E-state index in [2.05, 4.69) is 6.92 Å². The zero-order valence-corrected chi connectivity index (χ0v) is 11.5. The molecule has 0 aromatic rings. The monoisotopic (exact) mass is 242 g/mol. The molecule has 0 amide bonds. The number of epoxide rings is 1. The summed E-state index contributed by atoms with van der Waals surface area (Å²) in [5.74, 6) is 0. The van der Waals surface area contributed by atoms with Crippen LogP contribution in [0.25, 0.3) is 0 Å². The molecule has 2 heteroatoms. The van der Waals surface area contributed by atoms with Gasteiger partial charge in [0.2, 0.25) is 0 Å². The van der Waals surface area contributed by atoms with Crippen molar-refractivity contribution in [3.8, 4) is 0 Å². The van der Waals surface area contributed by atoms with Crippen LogP contribution in [-0.2, 0) is 4.74 Å². The molecule has 102 valence electrons. The van der Waals surface area contributed by atoms with E-state index in [4.69, 9.17) is 9.84 Å². The Hall–Kier alpha value is -0.0800. The number of rotatable bonds is 12. The highest BCUT2D eigenvalue weighted by Crippen LogP contribution is 2.32. The van der Waals surface area contributed by atoms with Crippen molar-refractivity contribution in [1.29, 1.82) is 0 Å². The van der Waals surface area contributed by atoms with Gasteiger partial charge in [0.05, 0.1) is 13.2 Å². The molecule has 1 aliphatic rings. The highest BCUT2D eigenvalue weighted by Gasteiger charge is 2.43. The average molecular weight is 242 g/mol. The Labute approximate surface area is 107 Å². The molecule has 0 unspecified atom stereocenters. The molecule has 1 N–H and O–H groups in total. The highest BCUT2D eigenvalue weighted by atomic mass is 16.6. The van der Waals surface area contributed by atoms with Gasteiger partial charge in [-0.2, -0.15) is 0 Å². The summed E-state index contributed by atoms with van der Waals surface area (Å²) in [7, 11) is 0. The lowest BCUT2D eigenvalue weighted by molar-refractivity contribution is 0.161. The molecule has 2 nitrogen and oxygen atoms in total. The van der Waals surface area contributed by atoms with E-state index in [0.29, 0.717) is 0 Å². The first-order valence-electron chi connectivity index (χ1n) is 7.58. The highest BCUT2D eigenvalue weighted by molar-refractivity contribution is 4.90. The molecule has 0 aliphatic carbocycles. The predicted octanol–water partition coefficient (Wildman–Crippen LogP) is 4.06. The largest absolute Gasteiger partial charge is 0.393 e. The maximum absolute atomic E-state index is 9.08. The van der Waals surface area contributed by atoms with Crippen molar-refractivity contribution < 1.29 is 9.84 Å². The second-order valence-corrected chi connectivity index (χ2v) is 5.56. The fourth-order valence-electron chi connectivity index (χ4n) is 2.35. The van der Waals surface area contributed by atoms with Crippen LogP contribution in [0.1, 0.15) is 77.6 Å². The van der Waals surface area contributed by atoms with Gasteiger partial charge in [0.25, 0.3) is 0 Å². The molecule has 1 aliphatic heterocycles. The van der Waals surface area contributed by atoms with Crippen molar-refractivity contribution in [2.45, 2.75) is 83.2 Å². The molecule has 1 rings (SSSR count). The van der Waals surface area contributed by atoms with Crippen molar-refractivity contribution in [3.05, 3.63) is 0 Å². The summed E-state index contributed by atoms with van der Waals surface area (Å²) in [6.07, 6.45) is 14.7. The topological polar surface area (TPSA) is 32.8 Å². The number of hydrogen-bond acceptors (Lipinski definition) is 2. The summed E-state index contributed by atoms with van der Waals surface area (Å²) in [4.78, 5) is 0. The molecule has 0 aromatic carbocycles. The zero-order chi connectivity index (χ0) is 12.4. The van der Waals surface area contributed by atoms with Crippen molar-refractivity contribution in [2.24, 2.45) is 0 Å². The SMILES string of the molecule is CCCCCCCCCCCC[C@@]1(CO)CO1. The number of aliphatic hydroxyl groups is 1. The van der Waals surface area contributed by atoms with E-state index < -0.39 is 0 Å². The van der Waals surface area contributed by atoms with Gasteiger partial charge < -0.3 is 9.84 Å². The van der Waals surface area contributed by atoms with E-state index in [9.17, 15) is 0 Å². The van der Waals surface area contributed by atoms with Crippen LogP contribution >= 0.6 is 0 Å². The molecule has 1 fully saturated rings. The zero-order valence-electron chi connectivity index (χ0n) is 11.5. The predicted molar refractivity (Wildman–Crippen MR) is 72.2 cm³/mol. The van der Waals surface area contributed by atoms with Crippen LogP contribution in [0.3, 0.4) is 0 Å². The molecule has 0 aromatic heterocycles. The minimum atomic E-state index is -0.111. The summed E-state index contributed by atoms with van der Waals surface area (Å²) in [6.45, 7) is 3.26. The number of ether oxygens (including phenoxy) is 1. The van der Waals surface area contributed by atoms with Crippen LogP contribution in [0, 0.1) is 0 Å². The number of hydrogen-bond donors (Lipinski definition) is 1. The van der Waals surface area contributed by atoms with E-state index in [-0.39, 0.29) is 12.2 Å². The van der Waals surface area contributed by atoms with Gasteiger partial charge in [0, 0.05) is 0 Å². The number of aliphatic hydroxyl groups excluding tert-OH is 1. The third-order valence-electron chi connectivity index (χ3n) is 3.83. The molecule has 0 bridgehead atoms. The smallest absolute Gasteiger partial charge is 0.115 e. The lowest BCUT2D eigenvalue weighted by Gasteiger charge is -2.07. The maximum atomic E-state index is 9.08. The van der Waals surface area contributed by atoms with Gasteiger partial charge in [-0.25, -0.2) is 0 Å². The molecule has 0 spiro atoms. The molecular weight excluding hydrogens is 212 g/mol. The normalized spacial score (nSPS) is 22.9. The Morgan fingerprint density at radius 3 is 1.76 bits per heavy atom. The fourth-order valence-corrected chi connectivity index (χ4v) is 2.35. The lowest BCUT2D eigenvalue weighted by Crippen LogP contribution is -2.16. The summed E-state index contributed by atoms with van der Waals surface area (Å²) in [5, 5.41) is 9.08. The van der Waals surface area contributed by atoms with Crippen molar-refractivity contribution in [1.82, 2.24) is 0 Å². The Morgan fingerprint density at radius 1 is 0.882 bits per heavy atom. The van der Waals surface area contributed by atoms with E-state index >= 15 is 0 Å². The van der Waals surface area contributed by atoms with Crippen molar-refractivity contribution in [3.63, 3.8) is 0 Å². The Bertz CT molecular complexity index is 176. The summed E-state index contributed by atoms with van der Waals surface area (Å²) in [6, 6.07) is 0. The average Bonchev–Trinajstić information content (AvgIpc) is 3.12. The quantitative estimate of drug-likeness (QED) is 0.413. The van der Waals surface area contributed by atoms with E-state index in [1.807, 2.05) is 0 Å². The molecule has 0 radical (unpaired) electrons. The third kappa shape index (κ3) is 7.05. The van der Waals surface area contributed by atoms with E-state index in [0.717, 1.165) is 13.0 Å². The third-order valence-corrected chi connectivity index (χ3v) is 3.83. The van der Waals surface area contributed by atoms with Crippen LogP contribution < -0.4 is 0 Å². The second kappa shape index (κ2) is 8.93. The first-order valence-corrected chi connectivity index (χ1v) is 7.58. The molecule has 1 saturated heterocycles. The summed E-state index contributed by atoms with van der Waals surface area (Å²) < 4.78 is 5.28. The first-order chi connectivity index (χ1) is 8.33. The van der Waals surface area contributed by atoms with Crippen LogP contribution in [-0.4, -0.2) is 23.9 Å². The van der Waals surface area contributed by atoms with Gasteiger partial charge in [0.1, 0.15) is 5.60 Å². The van der Waals surface area contributed by atoms with E-state index in [1.165, 1.54) is 64.2 Å². The Morgan fingerprint density at radius 2 is 1.35 bits per heavy atom. The van der Waals surface area contributed by atoms with Gasteiger partial charge in [0.15, 0.2) is 0 Å². The lowest BCUT2D eigenvalue weighted by atomic mass is 10.0. The molecule has 1 heterocycles. The number of unbranched alkanes of at least 4 members (excludes halogenated alkanes) is 9. The van der Waals surface area contributed by atoms with Crippen molar-refractivity contribution >= 4 is 0 Å². The molecule has 17 heavy (non-hydrogen) atoms. The minimum absolute atomic E-state index is 0.111. The first kappa shape index (κ1) is 15.0. The van der Waals surface area contributed by atoms with E-state index in [1.54, 1.807) is 0 Å². The maximum Gasteiger partial charge on any atom is 0.115 e. The van der Waals surface area contributed by atoms with Gasteiger partial charge in [-0.3, -0.25) is 0 Å². The summed E-state index contributed by atoms with van der Waals surface area (Å²) >= 11 is 0. The second-order valence-electron chi connectivity index (χ2n) is 5.56. The van der Waals surface area contributed by atoms with Crippen LogP contribution in [0.2, 0.25) is 0 Å². The van der Waals surface area contributed by atoms with Gasteiger partial charge >= 0.3 is 0 Å². The van der Waals surface area contributed by atoms with Gasteiger partial charge in [-0.1, -0.05) is 71.1 Å². The van der Waals surface area contributed by atoms with Crippen LogP contribution in [0.4, 0.5) is 0 Å². The Balaban J connectivity index is 1.73. The standard InChI is InChI=1S/C15H30O2/c1-2-3-4-5-6-7-8-9-10-11-12-15(13-16)14-17-15/h16H,2-14H2,1H3/t15-/m1/s1. The Kier molecular flexibility index (Phi) is 7.87. The molecule has 1 atom stereocenters. The van der Waals surface area contributed by atoms with Gasteiger partial charge in [-0.15, -0.1) is 0 Å².